The van der Waals surface area contributed by atoms with Crippen molar-refractivity contribution in [3.05, 3.63) is 10.6 Å². The third-order valence-corrected chi connectivity index (χ3v) is 3.67. The van der Waals surface area contributed by atoms with Gasteiger partial charge in [0.15, 0.2) is 4.34 Å². The number of thioether (sulfide) groups is 1. The van der Waals surface area contributed by atoms with E-state index in [0.29, 0.717) is 10.0 Å². The van der Waals surface area contributed by atoms with Crippen LogP contribution in [0.3, 0.4) is 0 Å². The van der Waals surface area contributed by atoms with Gasteiger partial charge in [-0.25, -0.2) is 9.78 Å². The van der Waals surface area contributed by atoms with E-state index in [0.717, 1.165) is 23.1 Å². The smallest absolute Gasteiger partial charge is 0.411 e. The Morgan fingerprint density at radius 3 is 2.71 bits per heavy atom. The summed E-state index contributed by atoms with van der Waals surface area (Å²) < 4.78 is 39.9. The van der Waals surface area contributed by atoms with E-state index >= 15 is 0 Å². The minimum absolute atomic E-state index is 0.0864. The van der Waals surface area contributed by atoms with Gasteiger partial charge >= 0.3 is 12.1 Å². The molecule has 0 aromatic carbocycles. The summed E-state index contributed by atoms with van der Waals surface area (Å²) >= 11 is 1.85. The topological polar surface area (TPSA) is 59.4 Å². The predicted molar refractivity (Wildman–Crippen MR) is 56.5 cm³/mol. The number of carboxylic acid groups (broad SMARTS) is 1. The second kappa shape index (κ2) is 5.69. The molecule has 0 unspecified atom stereocenters. The Hall–Kier alpha value is -0.800. The number of carboxylic acids is 1. The van der Waals surface area contributed by atoms with Gasteiger partial charge in [0.25, 0.3) is 0 Å². The van der Waals surface area contributed by atoms with Crippen LogP contribution in [0.4, 0.5) is 13.2 Å². The predicted octanol–water partition coefficient (Wildman–Crippen LogP) is 2.78. The lowest BCUT2D eigenvalue weighted by Crippen LogP contribution is -2.16. The number of carbonyl (C=O) groups is 1. The highest BCUT2D eigenvalue weighted by Crippen LogP contribution is 2.27. The van der Waals surface area contributed by atoms with Crippen molar-refractivity contribution in [3.63, 3.8) is 0 Å². The largest absolute Gasteiger partial charge is 0.477 e. The molecule has 0 fully saturated rings. The van der Waals surface area contributed by atoms with Crippen LogP contribution >= 0.6 is 23.1 Å². The Balaban J connectivity index is 2.43. The number of aryl methyl sites for hydroxylation is 1. The molecule has 0 radical (unpaired) electrons. The van der Waals surface area contributed by atoms with Gasteiger partial charge in [0.1, 0.15) is 11.5 Å². The number of hydrogen-bond acceptors (Lipinski definition) is 5. The van der Waals surface area contributed by atoms with Crippen LogP contribution in [-0.4, -0.2) is 34.8 Å². The lowest BCUT2D eigenvalue weighted by Gasteiger charge is -2.05. The standard InChI is InChI=1S/C8H8F3NO3S2/c1-4-5(6(13)14)17-7(12-4)16-3-15-2-8(9,10)11/h2-3H2,1H3,(H,13,14). The molecule has 17 heavy (non-hydrogen) atoms. The van der Waals surface area contributed by atoms with Crippen molar-refractivity contribution in [1.82, 2.24) is 4.98 Å². The van der Waals surface area contributed by atoms with Crippen molar-refractivity contribution in [2.75, 3.05) is 12.5 Å². The molecular formula is C8H8F3NO3S2. The van der Waals surface area contributed by atoms with E-state index in [1.807, 2.05) is 0 Å². The third kappa shape index (κ3) is 4.92. The summed E-state index contributed by atoms with van der Waals surface area (Å²) in [6, 6.07) is 0. The number of ether oxygens (including phenoxy) is 1. The monoisotopic (exact) mass is 287 g/mol. The summed E-state index contributed by atoms with van der Waals surface area (Å²) in [5.41, 5.74) is 0.348. The van der Waals surface area contributed by atoms with Crippen LogP contribution in [0.25, 0.3) is 0 Å². The summed E-state index contributed by atoms with van der Waals surface area (Å²) in [5, 5.41) is 8.74. The first kappa shape index (κ1) is 14.3. The Morgan fingerprint density at radius 2 is 2.24 bits per heavy atom. The van der Waals surface area contributed by atoms with Crippen molar-refractivity contribution in [3.8, 4) is 0 Å². The van der Waals surface area contributed by atoms with Crippen molar-refractivity contribution in [2.24, 2.45) is 0 Å². The van der Waals surface area contributed by atoms with E-state index in [2.05, 4.69) is 9.72 Å². The second-order valence-electron chi connectivity index (χ2n) is 2.93. The zero-order chi connectivity index (χ0) is 13.1. The molecule has 0 bridgehead atoms. The van der Waals surface area contributed by atoms with Gasteiger partial charge in [0.05, 0.1) is 11.6 Å². The van der Waals surface area contributed by atoms with E-state index < -0.39 is 18.8 Å². The van der Waals surface area contributed by atoms with Crippen LogP contribution < -0.4 is 0 Å². The van der Waals surface area contributed by atoms with Crippen LogP contribution in [-0.2, 0) is 4.74 Å². The second-order valence-corrected chi connectivity index (χ2v) is 5.09. The number of alkyl halides is 3. The van der Waals surface area contributed by atoms with Crippen molar-refractivity contribution in [2.45, 2.75) is 17.4 Å². The summed E-state index contributed by atoms with van der Waals surface area (Å²) in [4.78, 5) is 14.7. The van der Waals surface area contributed by atoms with E-state index in [-0.39, 0.29) is 10.8 Å². The molecule has 0 amide bonds. The average Bonchev–Trinajstić information content (AvgIpc) is 2.53. The molecule has 0 saturated carbocycles. The Labute approximate surface area is 103 Å². The molecular weight excluding hydrogens is 279 g/mol. The maximum absolute atomic E-state index is 11.7. The number of nitrogens with zero attached hydrogens (tertiary/aromatic N) is 1. The molecule has 1 aromatic heterocycles. The average molecular weight is 287 g/mol. The molecule has 0 spiro atoms. The van der Waals surface area contributed by atoms with E-state index in [1.54, 1.807) is 0 Å². The number of aromatic nitrogens is 1. The molecule has 0 saturated heterocycles. The van der Waals surface area contributed by atoms with Crippen LogP contribution in [0.2, 0.25) is 0 Å². The Kier molecular flexibility index (Phi) is 4.78. The van der Waals surface area contributed by atoms with Gasteiger partial charge in [-0.2, -0.15) is 13.2 Å². The van der Waals surface area contributed by atoms with E-state index in [9.17, 15) is 18.0 Å². The van der Waals surface area contributed by atoms with Gasteiger partial charge in [0.2, 0.25) is 0 Å². The lowest BCUT2D eigenvalue weighted by atomic mass is 10.4. The molecule has 4 nitrogen and oxygen atoms in total. The Morgan fingerprint density at radius 1 is 1.59 bits per heavy atom. The Bertz CT molecular complexity index is 405. The fourth-order valence-corrected chi connectivity index (χ4v) is 2.62. The number of halogens is 3. The van der Waals surface area contributed by atoms with Gasteiger partial charge < -0.3 is 9.84 Å². The zero-order valence-electron chi connectivity index (χ0n) is 8.58. The molecule has 1 N–H and O–H groups in total. The first-order valence-corrected chi connectivity index (χ1v) is 6.08. The molecule has 1 rings (SSSR count). The molecule has 96 valence electrons. The van der Waals surface area contributed by atoms with Crippen LogP contribution in [0.1, 0.15) is 15.4 Å². The fourth-order valence-electron chi connectivity index (χ4n) is 0.881. The van der Waals surface area contributed by atoms with E-state index in [1.165, 1.54) is 6.92 Å². The minimum Gasteiger partial charge on any atom is -0.477 e. The number of hydrogen-bond donors (Lipinski definition) is 1. The van der Waals surface area contributed by atoms with Crippen molar-refractivity contribution < 1.29 is 27.8 Å². The van der Waals surface area contributed by atoms with Crippen molar-refractivity contribution >= 4 is 29.1 Å². The van der Waals surface area contributed by atoms with Gasteiger partial charge in [-0.05, 0) is 6.92 Å². The summed E-state index contributed by atoms with van der Waals surface area (Å²) in [6.07, 6.45) is -4.36. The maximum atomic E-state index is 11.7. The minimum atomic E-state index is -4.36. The fraction of sp³-hybridized carbons (Fsp3) is 0.500. The van der Waals surface area contributed by atoms with Crippen LogP contribution in [0, 0.1) is 6.92 Å². The molecule has 0 atom stereocenters. The van der Waals surface area contributed by atoms with Crippen LogP contribution in [0.5, 0.6) is 0 Å². The van der Waals surface area contributed by atoms with Gasteiger partial charge in [-0.15, -0.1) is 11.3 Å². The highest BCUT2D eigenvalue weighted by molar-refractivity contribution is 8.00. The quantitative estimate of drug-likeness (QED) is 0.512. The number of rotatable bonds is 5. The first-order chi connectivity index (χ1) is 7.79. The van der Waals surface area contributed by atoms with E-state index in [4.69, 9.17) is 5.11 Å². The van der Waals surface area contributed by atoms with Gasteiger partial charge in [0, 0.05) is 0 Å². The number of aromatic carboxylic acids is 1. The summed E-state index contributed by atoms with van der Waals surface area (Å²) in [7, 11) is 0. The molecule has 1 heterocycles. The maximum Gasteiger partial charge on any atom is 0.411 e. The van der Waals surface area contributed by atoms with Crippen LogP contribution in [0.15, 0.2) is 4.34 Å². The molecule has 0 aliphatic carbocycles. The highest BCUT2D eigenvalue weighted by atomic mass is 32.2. The highest BCUT2D eigenvalue weighted by Gasteiger charge is 2.27. The molecule has 0 aliphatic heterocycles. The van der Waals surface area contributed by atoms with Gasteiger partial charge in [-0.1, -0.05) is 11.8 Å². The summed E-state index contributed by atoms with van der Waals surface area (Å²) in [5.74, 6) is -1.31. The first-order valence-electron chi connectivity index (χ1n) is 4.27. The third-order valence-electron chi connectivity index (χ3n) is 1.50. The number of thiazole rings is 1. The zero-order valence-corrected chi connectivity index (χ0v) is 10.2. The lowest BCUT2D eigenvalue weighted by molar-refractivity contribution is -0.168. The summed E-state index contributed by atoms with van der Waals surface area (Å²) in [6.45, 7) is 0.205. The molecule has 1 aromatic rings. The molecule has 0 aliphatic rings. The van der Waals surface area contributed by atoms with Gasteiger partial charge in [-0.3, -0.25) is 0 Å². The molecule has 9 heteroatoms. The van der Waals surface area contributed by atoms with Crippen molar-refractivity contribution in [1.29, 1.82) is 0 Å². The normalized spacial score (nSPS) is 11.8. The SMILES string of the molecule is Cc1nc(SCOCC(F)(F)F)sc1C(=O)O.